The minimum Gasteiger partial charge on any atom is -0.497 e. The van der Waals surface area contributed by atoms with Gasteiger partial charge < -0.3 is 14.4 Å². The summed E-state index contributed by atoms with van der Waals surface area (Å²) >= 11 is 0. The fourth-order valence-electron chi connectivity index (χ4n) is 2.63. The fraction of sp³-hybridized carbons (Fsp3) is 0.111. The molecule has 0 atom stereocenters. The van der Waals surface area contributed by atoms with Crippen molar-refractivity contribution < 1.29 is 14.6 Å². The summed E-state index contributed by atoms with van der Waals surface area (Å²) < 4.78 is 6.95. The van der Waals surface area contributed by atoms with E-state index in [4.69, 9.17) is 10.00 Å². The normalized spacial score (nSPS) is 10.4. The van der Waals surface area contributed by atoms with Crippen LogP contribution in [0.2, 0.25) is 0 Å². The molecule has 3 rings (SSSR count). The molecule has 0 saturated carbocycles. The molecule has 1 N–H and O–H groups in total. The summed E-state index contributed by atoms with van der Waals surface area (Å²) in [5.41, 5.74) is 2.40. The Balaban J connectivity index is 2.15. The monoisotopic (exact) mass is 306 g/mol. The molecule has 0 amide bonds. The number of methoxy groups -OCH3 is 1. The second-order valence-corrected chi connectivity index (χ2v) is 5.16. The highest BCUT2D eigenvalue weighted by molar-refractivity contribution is 5.95. The second kappa shape index (κ2) is 5.85. The Morgan fingerprint density at radius 3 is 2.78 bits per heavy atom. The first-order chi connectivity index (χ1) is 11.1. The zero-order valence-corrected chi connectivity index (χ0v) is 12.5. The molecule has 0 spiro atoms. The van der Waals surface area contributed by atoms with Crippen LogP contribution in [0, 0.1) is 11.3 Å². The summed E-state index contributed by atoms with van der Waals surface area (Å²) in [6.07, 6.45) is 0. The summed E-state index contributed by atoms with van der Waals surface area (Å²) in [4.78, 5) is 11.6. The number of benzene rings is 2. The van der Waals surface area contributed by atoms with E-state index >= 15 is 0 Å². The van der Waals surface area contributed by atoms with Gasteiger partial charge in [0, 0.05) is 18.0 Å². The fourth-order valence-corrected chi connectivity index (χ4v) is 2.63. The molecule has 5 nitrogen and oxygen atoms in total. The van der Waals surface area contributed by atoms with Gasteiger partial charge in [0.15, 0.2) is 0 Å². The van der Waals surface area contributed by atoms with E-state index in [1.807, 2.05) is 18.2 Å². The van der Waals surface area contributed by atoms with Gasteiger partial charge in [-0.05, 0) is 35.9 Å². The van der Waals surface area contributed by atoms with Gasteiger partial charge in [0.2, 0.25) is 0 Å². The third-order valence-electron chi connectivity index (χ3n) is 3.73. The van der Waals surface area contributed by atoms with Gasteiger partial charge in [-0.15, -0.1) is 0 Å². The van der Waals surface area contributed by atoms with Crippen molar-refractivity contribution in [3.8, 4) is 11.8 Å². The molecule has 0 unspecified atom stereocenters. The van der Waals surface area contributed by atoms with Crippen LogP contribution in [0.3, 0.4) is 0 Å². The highest BCUT2D eigenvalue weighted by Crippen LogP contribution is 2.26. The molecule has 114 valence electrons. The van der Waals surface area contributed by atoms with Gasteiger partial charge in [-0.2, -0.15) is 5.26 Å². The highest BCUT2D eigenvalue weighted by Gasteiger charge is 2.15. The number of fused-ring (bicyclic) bond motifs is 1. The summed E-state index contributed by atoms with van der Waals surface area (Å²) in [6, 6.07) is 16.3. The maximum Gasteiger partial charge on any atom is 0.352 e. The van der Waals surface area contributed by atoms with Gasteiger partial charge >= 0.3 is 5.97 Å². The molecule has 0 fully saturated rings. The van der Waals surface area contributed by atoms with Crippen LogP contribution in [-0.4, -0.2) is 22.8 Å². The van der Waals surface area contributed by atoms with Crippen LogP contribution in [0.1, 0.15) is 21.6 Å². The largest absolute Gasteiger partial charge is 0.497 e. The van der Waals surface area contributed by atoms with Gasteiger partial charge in [-0.25, -0.2) is 4.79 Å². The lowest BCUT2D eigenvalue weighted by atomic mass is 10.1. The van der Waals surface area contributed by atoms with Crippen molar-refractivity contribution in [2.45, 2.75) is 6.54 Å². The molecule has 2 aromatic carbocycles. The van der Waals surface area contributed by atoms with E-state index in [1.165, 1.54) is 0 Å². The van der Waals surface area contributed by atoms with Crippen LogP contribution in [0.25, 0.3) is 10.9 Å². The second-order valence-electron chi connectivity index (χ2n) is 5.16. The molecule has 0 aliphatic carbocycles. The minimum absolute atomic E-state index is 0.204. The maximum absolute atomic E-state index is 11.6. The number of hydrogen-bond acceptors (Lipinski definition) is 3. The Morgan fingerprint density at radius 1 is 1.26 bits per heavy atom. The van der Waals surface area contributed by atoms with Gasteiger partial charge in [-0.3, -0.25) is 0 Å². The standard InChI is InChI=1S/C18H14N2O3/c1-23-15-6-5-14-8-17(18(21)22)20(16(14)9-15)11-13-4-2-3-12(7-13)10-19/h2-9H,11H2,1H3,(H,21,22). The Kier molecular flexibility index (Phi) is 3.73. The van der Waals surface area contributed by atoms with Gasteiger partial charge in [0.1, 0.15) is 11.4 Å². The first-order valence-electron chi connectivity index (χ1n) is 7.02. The molecule has 0 aliphatic heterocycles. The predicted octanol–water partition coefficient (Wildman–Crippen LogP) is 3.27. The summed E-state index contributed by atoms with van der Waals surface area (Å²) in [7, 11) is 1.57. The van der Waals surface area contributed by atoms with E-state index in [-0.39, 0.29) is 5.69 Å². The van der Waals surface area contributed by atoms with Crippen molar-refractivity contribution in [1.29, 1.82) is 5.26 Å². The van der Waals surface area contributed by atoms with E-state index in [9.17, 15) is 9.90 Å². The first-order valence-corrected chi connectivity index (χ1v) is 7.02. The van der Waals surface area contributed by atoms with E-state index in [1.54, 1.807) is 42.0 Å². The third kappa shape index (κ3) is 2.74. The molecule has 5 heteroatoms. The Hall–Kier alpha value is -3.26. The summed E-state index contributed by atoms with van der Waals surface area (Å²) in [5, 5.41) is 19.3. The number of carboxylic acids is 1. The predicted molar refractivity (Wildman–Crippen MR) is 85.7 cm³/mol. The molecule has 3 aromatic rings. The van der Waals surface area contributed by atoms with Crippen molar-refractivity contribution in [2.24, 2.45) is 0 Å². The minimum atomic E-state index is -0.989. The molecule has 0 radical (unpaired) electrons. The maximum atomic E-state index is 11.6. The van der Waals surface area contributed by atoms with E-state index in [0.717, 1.165) is 16.5 Å². The number of aromatic nitrogens is 1. The quantitative estimate of drug-likeness (QED) is 0.802. The van der Waals surface area contributed by atoms with Crippen molar-refractivity contribution >= 4 is 16.9 Å². The third-order valence-corrected chi connectivity index (χ3v) is 3.73. The molecule has 1 heterocycles. The van der Waals surface area contributed by atoms with Gasteiger partial charge in [-0.1, -0.05) is 12.1 Å². The van der Waals surface area contributed by atoms with Crippen LogP contribution >= 0.6 is 0 Å². The van der Waals surface area contributed by atoms with E-state index in [0.29, 0.717) is 17.9 Å². The first kappa shape index (κ1) is 14.7. The van der Waals surface area contributed by atoms with Gasteiger partial charge in [0.25, 0.3) is 0 Å². The molecular formula is C18H14N2O3. The van der Waals surface area contributed by atoms with Crippen LogP contribution in [-0.2, 0) is 6.54 Å². The van der Waals surface area contributed by atoms with Gasteiger partial charge in [0.05, 0.1) is 24.3 Å². The van der Waals surface area contributed by atoms with Crippen molar-refractivity contribution in [2.75, 3.05) is 7.11 Å². The Bertz CT molecular complexity index is 935. The van der Waals surface area contributed by atoms with Crippen molar-refractivity contribution in [1.82, 2.24) is 4.57 Å². The number of hydrogen-bond donors (Lipinski definition) is 1. The average molecular weight is 306 g/mol. The molecule has 0 saturated heterocycles. The number of aromatic carboxylic acids is 1. The molecule has 0 aliphatic rings. The van der Waals surface area contributed by atoms with E-state index < -0.39 is 5.97 Å². The zero-order valence-electron chi connectivity index (χ0n) is 12.5. The van der Waals surface area contributed by atoms with Crippen LogP contribution in [0.15, 0.2) is 48.5 Å². The molecule has 23 heavy (non-hydrogen) atoms. The number of carboxylic acid groups (broad SMARTS) is 1. The molecule has 1 aromatic heterocycles. The summed E-state index contributed by atoms with van der Waals surface area (Å²) in [5.74, 6) is -0.323. The zero-order chi connectivity index (χ0) is 16.4. The average Bonchev–Trinajstić information content (AvgIpc) is 2.93. The number of ether oxygens (including phenoxy) is 1. The topological polar surface area (TPSA) is 75.2 Å². The van der Waals surface area contributed by atoms with Crippen LogP contribution in [0.5, 0.6) is 5.75 Å². The number of rotatable bonds is 4. The van der Waals surface area contributed by atoms with Crippen molar-refractivity contribution in [3.63, 3.8) is 0 Å². The van der Waals surface area contributed by atoms with E-state index in [2.05, 4.69) is 6.07 Å². The number of carbonyl (C=O) groups is 1. The lowest BCUT2D eigenvalue weighted by Crippen LogP contribution is -2.09. The number of nitrogens with zero attached hydrogens (tertiary/aromatic N) is 2. The Labute approximate surface area is 133 Å². The molecule has 0 bridgehead atoms. The lowest BCUT2D eigenvalue weighted by Gasteiger charge is -2.10. The van der Waals surface area contributed by atoms with Crippen LogP contribution in [0.4, 0.5) is 0 Å². The SMILES string of the molecule is COc1ccc2cc(C(=O)O)n(Cc3cccc(C#N)c3)c2c1. The molecular weight excluding hydrogens is 292 g/mol. The smallest absolute Gasteiger partial charge is 0.352 e. The lowest BCUT2D eigenvalue weighted by molar-refractivity contribution is 0.0686. The van der Waals surface area contributed by atoms with Crippen molar-refractivity contribution in [3.05, 3.63) is 65.4 Å². The highest BCUT2D eigenvalue weighted by atomic mass is 16.5. The van der Waals surface area contributed by atoms with Crippen LogP contribution < -0.4 is 4.74 Å². The summed E-state index contributed by atoms with van der Waals surface area (Å²) in [6.45, 7) is 0.369. The Morgan fingerprint density at radius 2 is 2.09 bits per heavy atom. The number of nitriles is 1.